The Morgan fingerprint density at radius 3 is 2.17 bits per heavy atom. The zero-order chi connectivity index (χ0) is 13.0. The highest BCUT2D eigenvalue weighted by atomic mass is 32.2. The van der Waals surface area contributed by atoms with Crippen LogP contribution in [0.5, 0.6) is 0 Å². The van der Waals surface area contributed by atoms with Crippen LogP contribution >= 0.6 is 0 Å². The molecule has 0 aromatic carbocycles. The molecule has 0 unspecified atom stereocenters. The highest BCUT2D eigenvalue weighted by Gasteiger charge is 2.29. The Hall–Kier alpha value is -0.210. The van der Waals surface area contributed by atoms with E-state index in [9.17, 15) is 8.42 Å². The van der Waals surface area contributed by atoms with E-state index in [0.717, 1.165) is 25.7 Å². The van der Waals surface area contributed by atoms with Gasteiger partial charge in [0.1, 0.15) is 0 Å². The van der Waals surface area contributed by atoms with Gasteiger partial charge in [-0.25, -0.2) is 0 Å². The molecule has 0 aromatic rings. The summed E-state index contributed by atoms with van der Waals surface area (Å²) in [5.74, 6) is 0. The van der Waals surface area contributed by atoms with E-state index in [1.807, 2.05) is 7.05 Å². The van der Waals surface area contributed by atoms with Gasteiger partial charge in [0, 0.05) is 25.2 Å². The number of hydrogen-bond donors (Lipinski definition) is 2. The molecule has 18 heavy (non-hydrogen) atoms. The molecule has 1 aliphatic carbocycles. The average Bonchev–Trinajstić information content (AvgIpc) is 2.40. The minimum atomic E-state index is -3.32. The van der Waals surface area contributed by atoms with Crippen LogP contribution in [0.1, 0.15) is 25.7 Å². The first-order valence-electron chi connectivity index (χ1n) is 6.64. The number of rotatable bonds is 4. The monoisotopic (exact) mass is 277 g/mol. The zero-order valence-electron chi connectivity index (χ0n) is 10.9. The first kappa shape index (κ1) is 14.2. The molecule has 0 radical (unpaired) electrons. The normalized spacial score (nSPS) is 31.4. The largest absolute Gasteiger partial charge is 0.379 e. The molecule has 1 aliphatic heterocycles. The minimum absolute atomic E-state index is 0.0856. The smallest absolute Gasteiger partial charge is 0.279 e. The summed E-state index contributed by atoms with van der Waals surface area (Å²) >= 11 is 0. The highest BCUT2D eigenvalue weighted by molar-refractivity contribution is 7.87. The summed E-state index contributed by atoms with van der Waals surface area (Å²) in [4.78, 5) is 0. The fourth-order valence-electron chi connectivity index (χ4n) is 2.57. The van der Waals surface area contributed by atoms with Gasteiger partial charge in [-0.3, -0.25) is 0 Å². The number of morpholine rings is 1. The maximum Gasteiger partial charge on any atom is 0.279 e. The molecule has 1 heterocycles. The fraction of sp³-hybridized carbons (Fsp3) is 1.00. The van der Waals surface area contributed by atoms with Crippen LogP contribution in [0.3, 0.4) is 0 Å². The standard InChI is InChI=1S/C11H23N3O3S/c1-12-10-2-4-11(5-3-10)13-18(15,16)14-6-8-17-9-7-14/h10-13H,2-9H2,1H3. The Morgan fingerprint density at radius 2 is 1.61 bits per heavy atom. The number of nitrogens with zero attached hydrogens (tertiary/aromatic N) is 1. The van der Waals surface area contributed by atoms with E-state index in [1.54, 1.807) is 0 Å². The lowest BCUT2D eigenvalue weighted by atomic mass is 9.92. The zero-order valence-corrected chi connectivity index (χ0v) is 11.7. The molecule has 2 fully saturated rings. The van der Waals surface area contributed by atoms with Gasteiger partial charge < -0.3 is 10.1 Å². The van der Waals surface area contributed by atoms with Gasteiger partial charge in [0.25, 0.3) is 10.2 Å². The van der Waals surface area contributed by atoms with Crippen LogP contribution in [-0.4, -0.2) is 58.2 Å². The molecule has 0 atom stereocenters. The van der Waals surface area contributed by atoms with E-state index in [2.05, 4.69) is 10.0 Å². The molecule has 2 aliphatic rings. The molecule has 2 N–H and O–H groups in total. The van der Waals surface area contributed by atoms with Crippen LogP contribution in [0.2, 0.25) is 0 Å². The van der Waals surface area contributed by atoms with Gasteiger partial charge in [0.15, 0.2) is 0 Å². The van der Waals surface area contributed by atoms with E-state index in [-0.39, 0.29) is 6.04 Å². The molecule has 6 nitrogen and oxygen atoms in total. The predicted molar refractivity (Wildman–Crippen MR) is 69.6 cm³/mol. The van der Waals surface area contributed by atoms with Crippen molar-refractivity contribution in [3.8, 4) is 0 Å². The predicted octanol–water partition coefficient (Wildman–Crippen LogP) is -0.316. The van der Waals surface area contributed by atoms with Crippen LogP contribution in [0.25, 0.3) is 0 Å². The minimum Gasteiger partial charge on any atom is -0.379 e. The Kier molecular flexibility index (Phi) is 4.97. The van der Waals surface area contributed by atoms with Gasteiger partial charge in [0.2, 0.25) is 0 Å². The molecule has 1 saturated heterocycles. The second-order valence-electron chi connectivity index (χ2n) is 4.97. The summed E-state index contributed by atoms with van der Waals surface area (Å²) in [5, 5.41) is 3.25. The van der Waals surface area contributed by atoms with Gasteiger partial charge in [-0.05, 0) is 32.7 Å². The summed E-state index contributed by atoms with van der Waals surface area (Å²) < 4.78 is 33.8. The van der Waals surface area contributed by atoms with Crippen molar-refractivity contribution in [2.75, 3.05) is 33.4 Å². The summed E-state index contributed by atoms with van der Waals surface area (Å²) in [6.07, 6.45) is 3.89. The third-order valence-corrected chi connectivity index (χ3v) is 5.44. The molecule has 0 bridgehead atoms. The third-order valence-electron chi connectivity index (χ3n) is 3.76. The molecule has 0 aromatic heterocycles. The molecule has 106 valence electrons. The first-order chi connectivity index (χ1) is 8.62. The van der Waals surface area contributed by atoms with E-state index in [0.29, 0.717) is 32.3 Å². The number of ether oxygens (including phenoxy) is 1. The summed E-state index contributed by atoms with van der Waals surface area (Å²) in [7, 11) is -1.36. The summed E-state index contributed by atoms with van der Waals surface area (Å²) in [5.41, 5.74) is 0. The van der Waals surface area contributed by atoms with Crippen molar-refractivity contribution in [3.05, 3.63) is 0 Å². The van der Waals surface area contributed by atoms with Crippen molar-refractivity contribution in [1.29, 1.82) is 0 Å². The maximum atomic E-state index is 12.1. The molecule has 0 amide bonds. The average molecular weight is 277 g/mol. The van der Waals surface area contributed by atoms with Gasteiger partial charge in [-0.1, -0.05) is 0 Å². The lowest BCUT2D eigenvalue weighted by Gasteiger charge is -2.32. The van der Waals surface area contributed by atoms with Crippen LogP contribution in [0.15, 0.2) is 0 Å². The van der Waals surface area contributed by atoms with Crippen molar-refractivity contribution in [1.82, 2.24) is 14.3 Å². The topological polar surface area (TPSA) is 70.7 Å². The van der Waals surface area contributed by atoms with Crippen LogP contribution in [0, 0.1) is 0 Å². The third kappa shape index (κ3) is 3.64. The fourth-order valence-corrected chi connectivity index (χ4v) is 4.01. The SMILES string of the molecule is CNC1CCC(NS(=O)(=O)N2CCOCC2)CC1. The van der Waals surface area contributed by atoms with Crippen molar-refractivity contribution in [2.45, 2.75) is 37.8 Å². The number of hydrogen-bond acceptors (Lipinski definition) is 4. The van der Waals surface area contributed by atoms with Crippen LogP contribution in [0.4, 0.5) is 0 Å². The Labute approximate surface area is 109 Å². The van der Waals surface area contributed by atoms with Crippen LogP contribution < -0.4 is 10.0 Å². The van der Waals surface area contributed by atoms with Crippen molar-refractivity contribution in [2.24, 2.45) is 0 Å². The first-order valence-corrected chi connectivity index (χ1v) is 8.08. The molecular formula is C11H23N3O3S. The maximum absolute atomic E-state index is 12.1. The van der Waals surface area contributed by atoms with Crippen LogP contribution in [-0.2, 0) is 14.9 Å². The quantitative estimate of drug-likeness (QED) is 0.739. The van der Waals surface area contributed by atoms with Gasteiger partial charge in [-0.15, -0.1) is 0 Å². The second kappa shape index (κ2) is 6.29. The Morgan fingerprint density at radius 1 is 1.06 bits per heavy atom. The number of nitrogens with one attached hydrogen (secondary N) is 2. The van der Waals surface area contributed by atoms with E-state index < -0.39 is 10.2 Å². The lowest BCUT2D eigenvalue weighted by molar-refractivity contribution is 0.0722. The second-order valence-corrected chi connectivity index (χ2v) is 6.67. The molecule has 1 saturated carbocycles. The Balaban J connectivity index is 1.84. The lowest BCUT2D eigenvalue weighted by Crippen LogP contribution is -2.50. The molecule has 7 heteroatoms. The van der Waals surface area contributed by atoms with E-state index >= 15 is 0 Å². The van der Waals surface area contributed by atoms with Gasteiger partial charge in [-0.2, -0.15) is 17.4 Å². The van der Waals surface area contributed by atoms with Crippen molar-refractivity contribution in [3.63, 3.8) is 0 Å². The highest BCUT2D eigenvalue weighted by Crippen LogP contribution is 2.19. The summed E-state index contributed by atoms with van der Waals surface area (Å²) in [6, 6.07) is 0.622. The summed E-state index contributed by atoms with van der Waals surface area (Å²) in [6.45, 7) is 1.91. The van der Waals surface area contributed by atoms with E-state index in [1.165, 1.54) is 4.31 Å². The van der Waals surface area contributed by atoms with Crippen molar-refractivity contribution < 1.29 is 13.2 Å². The van der Waals surface area contributed by atoms with Gasteiger partial charge >= 0.3 is 0 Å². The van der Waals surface area contributed by atoms with E-state index in [4.69, 9.17) is 4.74 Å². The molecule has 2 rings (SSSR count). The Bertz CT molecular complexity index is 347. The molecular weight excluding hydrogens is 254 g/mol. The molecule has 0 spiro atoms. The van der Waals surface area contributed by atoms with Gasteiger partial charge in [0.05, 0.1) is 13.2 Å². The van der Waals surface area contributed by atoms with Crippen molar-refractivity contribution >= 4 is 10.2 Å².